The van der Waals surface area contributed by atoms with Crippen molar-refractivity contribution in [1.82, 2.24) is 0 Å². The van der Waals surface area contributed by atoms with Gasteiger partial charge < -0.3 is 19.3 Å². The highest BCUT2D eigenvalue weighted by Gasteiger charge is 2.41. The number of ether oxygens (including phenoxy) is 3. The molecule has 152 valence electrons. The Hall–Kier alpha value is -0.930. The molecule has 0 aliphatic carbocycles. The van der Waals surface area contributed by atoms with Crippen molar-refractivity contribution in [3.63, 3.8) is 0 Å². The van der Waals surface area contributed by atoms with Crippen LogP contribution in [0, 0.1) is 0 Å². The molecule has 7 nitrogen and oxygen atoms in total. The van der Waals surface area contributed by atoms with Crippen LogP contribution in [0.3, 0.4) is 0 Å². The molecule has 9 heteroatoms. The van der Waals surface area contributed by atoms with Gasteiger partial charge in [-0.2, -0.15) is 0 Å². The number of carbonyl (C=O) groups excluding carboxylic acids is 3. The molecule has 0 heterocycles. The molecule has 0 spiro atoms. The second kappa shape index (κ2) is 14.2. The third kappa shape index (κ3) is 10.3. The maximum Gasteiger partial charge on any atom is 0.303 e. The zero-order valence-corrected chi connectivity index (χ0v) is 17.7. The summed E-state index contributed by atoms with van der Waals surface area (Å²) in [6.07, 6.45) is -1.23. The molecule has 0 bridgehead atoms. The predicted molar refractivity (Wildman–Crippen MR) is 103 cm³/mol. The molecule has 26 heavy (non-hydrogen) atoms. The van der Waals surface area contributed by atoms with E-state index in [2.05, 4.69) is 0 Å². The minimum atomic E-state index is -1.12. The van der Waals surface area contributed by atoms with Crippen molar-refractivity contribution in [2.45, 2.75) is 70.4 Å². The summed E-state index contributed by atoms with van der Waals surface area (Å²) >= 11 is 3.17. The fraction of sp³-hybridized carbons (Fsp3) is 0.824. The van der Waals surface area contributed by atoms with E-state index in [0.29, 0.717) is 0 Å². The van der Waals surface area contributed by atoms with Gasteiger partial charge in [0.05, 0.1) is 11.2 Å². The number of hydrogen-bond donors (Lipinski definition) is 1. The van der Waals surface area contributed by atoms with E-state index in [1.54, 1.807) is 23.5 Å². The monoisotopic (exact) mass is 410 g/mol. The molecule has 0 saturated carbocycles. The van der Waals surface area contributed by atoms with E-state index in [1.807, 2.05) is 13.8 Å². The Morgan fingerprint density at radius 3 is 1.58 bits per heavy atom. The van der Waals surface area contributed by atoms with Gasteiger partial charge >= 0.3 is 17.9 Å². The maximum absolute atomic E-state index is 11.7. The lowest BCUT2D eigenvalue weighted by molar-refractivity contribution is -0.184. The lowest BCUT2D eigenvalue weighted by Gasteiger charge is -2.35. The van der Waals surface area contributed by atoms with Gasteiger partial charge in [0.25, 0.3) is 0 Å². The largest absolute Gasteiger partial charge is 0.456 e. The summed E-state index contributed by atoms with van der Waals surface area (Å²) < 4.78 is 15.7. The SMILES string of the molecule is CCCSC(SCCC)[C@@H](OC(C)=O)[C@H](OC(C)=O)[C@@H](CO)OC(C)=O. The summed E-state index contributed by atoms with van der Waals surface area (Å²) in [6.45, 7) is 7.20. The van der Waals surface area contributed by atoms with E-state index in [9.17, 15) is 19.5 Å². The van der Waals surface area contributed by atoms with Gasteiger partial charge in [0.1, 0.15) is 0 Å². The molecular weight excluding hydrogens is 380 g/mol. The Labute approximate surface area is 163 Å². The number of aliphatic hydroxyl groups excluding tert-OH is 1. The third-order valence-corrected chi connectivity index (χ3v) is 6.33. The molecule has 0 fully saturated rings. The first-order valence-electron chi connectivity index (χ1n) is 8.62. The van der Waals surface area contributed by atoms with Gasteiger partial charge in [0.15, 0.2) is 18.3 Å². The lowest BCUT2D eigenvalue weighted by atomic mass is 10.1. The summed E-state index contributed by atoms with van der Waals surface area (Å²) in [5, 5.41) is 9.65. The van der Waals surface area contributed by atoms with E-state index >= 15 is 0 Å². The highest BCUT2D eigenvalue weighted by Crippen LogP contribution is 2.33. The van der Waals surface area contributed by atoms with Crippen LogP contribution in [-0.2, 0) is 28.6 Å². The van der Waals surface area contributed by atoms with Crippen molar-refractivity contribution in [3.8, 4) is 0 Å². The zero-order chi connectivity index (χ0) is 20.1. The molecule has 1 N–H and O–H groups in total. The number of rotatable bonds is 13. The standard InChI is InChI=1S/C17H30O7S2/c1-6-8-25-17(26-9-7-2)16(24-13(5)21)15(23-12(4)20)14(10-18)22-11(3)19/h14-18H,6-10H2,1-5H3/t14-,15-,16+/m1/s1. The Bertz CT molecular complexity index is 437. The molecule has 0 saturated heterocycles. The van der Waals surface area contributed by atoms with Crippen LogP contribution < -0.4 is 0 Å². The van der Waals surface area contributed by atoms with Crippen molar-refractivity contribution in [2.24, 2.45) is 0 Å². The summed E-state index contributed by atoms with van der Waals surface area (Å²) in [5.41, 5.74) is 0. The number of esters is 3. The van der Waals surface area contributed by atoms with Crippen molar-refractivity contribution >= 4 is 41.4 Å². The van der Waals surface area contributed by atoms with Crippen molar-refractivity contribution < 1.29 is 33.7 Å². The number of hydrogen-bond acceptors (Lipinski definition) is 9. The summed E-state index contributed by atoms with van der Waals surface area (Å²) in [7, 11) is 0. The first-order valence-corrected chi connectivity index (χ1v) is 10.7. The van der Waals surface area contributed by atoms with E-state index < -0.39 is 42.8 Å². The van der Waals surface area contributed by atoms with Crippen LogP contribution in [-0.4, -0.2) is 64.0 Å². The molecule has 0 aliphatic heterocycles. The Morgan fingerprint density at radius 1 is 0.808 bits per heavy atom. The molecule has 0 unspecified atom stereocenters. The predicted octanol–water partition coefficient (Wildman–Crippen LogP) is 2.39. The van der Waals surface area contributed by atoms with Crippen LogP contribution in [0.1, 0.15) is 47.5 Å². The average Bonchev–Trinajstić information content (AvgIpc) is 2.55. The highest BCUT2D eigenvalue weighted by molar-refractivity contribution is 8.17. The number of carbonyl (C=O) groups is 3. The maximum atomic E-state index is 11.7. The van der Waals surface area contributed by atoms with Gasteiger partial charge in [-0.25, -0.2) is 0 Å². The molecular formula is C17H30O7S2. The fourth-order valence-corrected chi connectivity index (χ4v) is 4.84. The Kier molecular flexibility index (Phi) is 13.7. The normalized spacial score (nSPS) is 14.4. The molecule has 0 aromatic rings. The van der Waals surface area contributed by atoms with E-state index in [4.69, 9.17) is 14.2 Å². The average molecular weight is 411 g/mol. The quantitative estimate of drug-likeness (QED) is 0.279. The van der Waals surface area contributed by atoms with Gasteiger partial charge in [0.2, 0.25) is 0 Å². The minimum Gasteiger partial charge on any atom is -0.456 e. The van der Waals surface area contributed by atoms with Crippen molar-refractivity contribution in [2.75, 3.05) is 18.1 Å². The smallest absolute Gasteiger partial charge is 0.303 e. The fourth-order valence-electron chi connectivity index (χ4n) is 2.14. The van der Waals surface area contributed by atoms with Crippen LogP contribution in [0.15, 0.2) is 0 Å². The summed E-state index contributed by atoms with van der Waals surface area (Å²) in [6, 6.07) is 0. The molecule has 0 radical (unpaired) electrons. The topological polar surface area (TPSA) is 99.1 Å². The summed E-state index contributed by atoms with van der Waals surface area (Å²) in [4.78, 5) is 34.7. The van der Waals surface area contributed by atoms with Gasteiger partial charge in [-0.05, 0) is 24.3 Å². The third-order valence-electron chi connectivity index (χ3n) is 3.03. The Balaban J connectivity index is 5.75. The van der Waals surface area contributed by atoms with Gasteiger partial charge in [-0.3, -0.25) is 14.4 Å². The van der Waals surface area contributed by atoms with Crippen LogP contribution in [0.5, 0.6) is 0 Å². The molecule has 0 amide bonds. The zero-order valence-electron chi connectivity index (χ0n) is 16.1. The van der Waals surface area contributed by atoms with Crippen LogP contribution in [0.2, 0.25) is 0 Å². The highest BCUT2D eigenvalue weighted by atomic mass is 32.2. The number of aliphatic hydroxyl groups is 1. The van der Waals surface area contributed by atoms with Gasteiger partial charge in [-0.15, -0.1) is 23.5 Å². The van der Waals surface area contributed by atoms with Crippen molar-refractivity contribution in [1.29, 1.82) is 0 Å². The van der Waals surface area contributed by atoms with Gasteiger partial charge in [-0.1, -0.05) is 13.8 Å². The lowest BCUT2D eigenvalue weighted by Crippen LogP contribution is -2.50. The molecule has 0 rings (SSSR count). The second-order valence-corrected chi connectivity index (χ2v) is 8.39. The van der Waals surface area contributed by atoms with Gasteiger partial charge in [0, 0.05) is 20.8 Å². The van der Waals surface area contributed by atoms with E-state index in [0.717, 1.165) is 24.3 Å². The number of thioether (sulfide) groups is 2. The first kappa shape index (κ1) is 25.1. The van der Waals surface area contributed by atoms with Crippen molar-refractivity contribution in [3.05, 3.63) is 0 Å². The van der Waals surface area contributed by atoms with E-state index in [-0.39, 0.29) is 4.58 Å². The molecule has 3 atom stereocenters. The molecule has 0 aromatic carbocycles. The Morgan fingerprint density at radius 2 is 1.23 bits per heavy atom. The van der Waals surface area contributed by atoms with Crippen LogP contribution >= 0.6 is 23.5 Å². The first-order chi connectivity index (χ1) is 12.3. The summed E-state index contributed by atoms with van der Waals surface area (Å²) in [5.74, 6) is -0.128. The van der Waals surface area contributed by atoms with E-state index in [1.165, 1.54) is 20.8 Å². The molecule has 0 aliphatic rings. The second-order valence-electron chi connectivity index (χ2n) is 5.59. The van der Waals surface area contributed by atoms with Crippen LogP contribution in [0.25, 0.3) is 0 Å². The minimum absolute atomic E-state index is 0.229. The van der Waals surface area contributed by atoms with Crippen LogP contribution in [0.4, 0.5) is 0 Å². The molecule has 0 aromatic heterocycles.